The van der Waals surface area contributed by atoms with E-state index in [1.165, 1.54) is 19.4 Å². The fraction of sp³-hybridized carbons (Fsp3) is 0.0870. The molecule has 0 unspecified atom stereocenters. The van der Waals surface area contributed by atoms with Crippen molar-refractivity contribution >= 4 is 18.0 Å². The highest BCUT2D eigenvalue weighted by molar-refractivity contribution is 5.88. The molecule has 0 aliphatic carbocycles. The van der Waals surface area contributed by atoms with Gasteiger partial charge in [-0.2, -0.15) is 5.10 Å². The Morgan fingerprint density at radius 3 is 2.73 bits per heavy atom. The molecule has 0 saturated carbocycles. The summed E-state index contributed by atoms with van der Waals surface area (Å²) < 4.78 is 17.4. The van der Waals surface area contributed by atoms with Crippen LogP contribution in [0.25, 0.3) is 5.69 Å². The number of methoxy groups -OCH3 is 1. The lowest BCUT2D eigenvalue weighted by Crippen LogP contribution is -2.07. The minimum absolute atomic E-state index is 0.0839. The second-order valence-electron chi connectivity index (χ2n) is 6.26. The summed E-state index contributed by atoms with van der Waals surface area (Å²) in [7, 11) is 1.47. The summed E-state index contributed by atoms with van der Waals surface area (Å²) in [6, 6.07) is 22.1. The van der Waals surface area contributed by atoms with E-state index in [4.69, 9.17) is 13.9 Å². The van der Waals surface area contributed by atoms with E-state index in [1.807, 2.05) is 43.3 Å². The first-order valence-electron chi connectivity index (χ1n) is 9.08. The normalized spacial score (nSPS) is 10.7. The number of carbonyl (C=O) groups excluding carboxylic acids is 1. The molecule has 2 heterocycles. The molecule has 0 bridgehead atoms. The summed E-state index contributed by atoms with van der Waals surface area (Å²) in [5.41, 5.74) is 2.36. The SMILES string of the molecule is COc1cc(C=Nc2cc(C)nn2-c2ccccc2)c#cc1OC(=O)c1ccco1. The van der Waals surface area contributed by atoms with Crippen molar-refractivity contribution in [2.24, 2.45) is 4.99 Å². The first kappa shape index (κ1) is 19.0. The molecule has 0 saturated heterocycles. The van der Waals surface area contributed by atoms with Crippen LogP contribution in [0.3, 0.4) is 0 Å². The smallest absolute Gasteiger partial charge is 0.380 e. The average Bonchev–Trinajstić information content (AvgIpc) is 3.43. The van der Waals surface area contributed by atoms with Gasteiger partial charge in [0.15, 0.2) is 11.6 Å². The maximum absolute atomic E-state index is 12.1. The van der Waals surface area contributed by atoms with Gasteiger partial charge in [0.2, 0.25) is 11.5 Å². The van der Waals surface area contributed by atoms with Crippen LogP contribution in [-0.2, 0) is 0 Å². The van der Waals surface area contributed by atoms with Crippen molar-refractivity contribution in [3.8, 4) is 17.2 Å². The number of rotatable bonds is 6. The molecule has 0 fully saturated rings. The number of aliphatic imine (C=N–C) groups is 1. The maximum Gasteiger partial charge on any atom is 0.380 e. The van der Waals surface area contributed by atoms with Crippen molar-refractivity contribution in [2.75, 3.05) is 7.11 Å². The van der Waals surface area contributed by atoms with Gasteiger partial charge in [-0.3, -0.25) is 0 Å². The van der Waals surface area contributed by atoms with E-state index in [1.54, 1.807) is 23.0 Å². The molecule has 0 atom stereocenters. The third kappa shape index (κ3) is 4.08. The van der Waals surface area contributed by atoms with Crippen molar-refractivity contribution in [3.63, 3.8) is 0 Å². The van der Waals surface area contributed by atoms with Crippen molar-refractivity contribution in [1.29, 1.82) is 0 Å². The largest absolute Gasteiger partial charge is 0.492 e. The van der Waals surface area contributed by atoms with Crippen LogP contribution >= 0.6 is 0 Å². The summed E-state index contributed by atoms with van der Waals surface area (Å²) in [5, 5.41) is 4.49. The highest BCUT2D eigenvalue weighted by Gasteiger charge is 2.15. The lowest BCUT2D eigenvalue weighted by atomic mass is 10.2. The van der Waals surface area contributed by atoms with Gasteiger partial charge in [0, 0.05) is 23.9 Å². The minimum atomic E-state index is -0.647. The van der Waals surface area contributed by atoms with E-state index in [2.05, 4.69) is 22.2 Å². The highest BCUT2D eigenvalue weighted by Crippen LogP contribution is 2.26. The van der Waals surface area contributed by atoms with E-state index in [-0.39, 0.29) is 11.5 Å². The monoisotopic (exact) mass is 399 g/mol. The Morgan fingerprint density at radius 1 is 1.17 bits per heavy atom. The Labute approximate surface area is 173 Å². The summed E-state index contributed by atoms with van der Waals surface area (Å²) in [6.07, 6.45) is 3.01. The van der Waals surface area contributed by atoms with Crippen molar-refractivity contribution in [2.45, 2.75) is 6.92 Å². The van der Waals surface area contributed by atoms with E-state index < -0.39 is 5.97 Å². The number of carbonyl (C=O) groups is 1. The zero-order valence-electron chi connectivity index (χ0n) is 16.3. The van der Waals surface area contributed by atoms with E-state index in [0.29, 0.717) is 17.1 Å². The van der Waals surface area contributed by atoms with E-state index in [0.717, 1.165) is 11.4 Å². The molecule has 30 heavy (non-hydrogen) atoms. The molecule has 0 N–H and O–H groups in total. The fourth-order valence-corrected chi connectivity index (χ4v) is 2.74. The van der Waals surface area contributed by atoms with Gasteiger partial charge in [0.25, 0.3) is 0 Å². The summed E-state index contributed by atoms with van der Waals surface area (Å²) in [4.78, 5) is 16.6. The minimum Gasteiger partial charge on any atom is -0.492 e. The Kier molecular flexibility index (Phi) is 5.31. The highest BCUT2D eigenvalue weighted by atomic mass is 16.6. The zero-order valence-corrected chi connectivity index (χ0v) is 16.3. The van der Waals surface area contributed by atoms with Crippen LogP contribution < -0.4 is 9.47 Å². The van der Waals surface area contributed by atoms with Gasteiger partial charge in [-0.05, 0) is 37.3 Å². The number of aromatic nitrogens is 2. The maximum atomic E-state index is 12.1. The van der Waals surface area contributed by atoms with Crippen LogP contribution in [0.4, 0.5) is 5.82 Å². The van der Waals surface area contributed by atoms with Crippen LogP contribution in [0.15, 0.2) is 70.3 Å². The van der Waals surface area contributed by atoms with Gasteiger partial charge in [-0.25, -0.2) is 14.5 Å². The topological polar surface area (TPSA) is 78.9 Å². The average molecular weight is 399 g/mol. The number of ether oxygens (including phenoxy) is 2. The van der Waals surface area contributed by atoms with E-state index >= 15 is 0 Å². The van der Waals surface area contributed by atoms with Crippen LogP contribution in [0, 0.1) is 19.1 Å². The lowest BCUT2D eigenvalue weighted by Gasteiger charge is -2.06. The lowest BCUT2D eigenvalue weighted by molar-refractivity contribution is 0.0696. The fourth-order valence-electron chi connectivity index (χ4n) is 2.74. The molecular weight excluding hydrogens is 382 g/mol. The van der Waals surface area contributed by atoms with Crippen LogP contribution in [0.1, 0.15) is 21.8 Å². The Hall–Kier alpha value is -4.31. The molecule has 4 rings (SSSR count). The standard InChI is InChI=1S/C23H17N3O4/c1-16-13-22(26(25-16)18-7-4-3-5-8-18)24-15-17-10-11-19(21(14-17)28-2)30-23(27)20-9-6-12-29-20/h3-9,12-15H,1-2H3. The number of hydrogen-bond acceptors (Lipinski definition) is 6. The number of hydrogen-bond donors (Lipinski definition) is 0. The van der Waals surface area contributed by atoms with Crippen molar-refractivity contribution in [1.82, 2.24) is 9.78 Å². The van der Waals surface area contributed by atoms with Gasteiger partial charge < -0.3 is 13.9 Å². The van der Waals surface area contributed by atoms with Crippen molar-refractivity contribution < 1.29 is 18.7 Å². The zero-order chi connectivity index (χ0) is 20.9. The molecule has 148 valence electrons. The molecule has 0 spiro atoms. The van der Waals surface area contributed by atoms with Crippen LogP contribution in [0.2, 0.25) is 0 Å². The molecule has 0 aliphatic heterocycles. The molecule has 2 aromatic carbocycles. The van der Waals surface area contributed by atoms with Crippen molar-refractivity contribution in [3.05, 3.63) is 90.0 Å². The van der Waals surface area contributed by atoms with Crippen LogP contribution in [-0.4, -0.2) is 29.1 Å². The summed E-state index contributed by atoms with van der Waals surface area (Å²) >= 11 is 0. The van der Waals surface area contributed by atoms with Gasteiger partial charge in [0.1, 0.15) is 0 Å². The summed E-state index contributed by atoms with van der Waals surface area (Å²) in [5.74, 6) is 0.538. The third-order valence-corrected chi connectivity index (χ3v) is 4.12. The van der Waals surface area contributed by atoms with Gasteiger partial charge in [-0.1, -0.05) is 24.3 Å². The Morgan fingerprint density at radius 2 is 2.00 bits per heavy atom. The number of nitrogens with zero attached hydrogens (tertiary/aromatic N) is 3. The van der Waals surface area contributed by atoms with Gasteiger partial charge in [-0.15, -0.1) is 0 Å². The van der Waals surface area contributed by atoms with Gasteiger partial charge in [0.05, 0.1) is 24.8 Å². The molecule has 7 nitrogen and oxygen atoms in total. The molecule has 0 aliphatic rings. The first-order chi connectivity index (χ1) is 14.6. The van der Waals surface area contributed by atoms with E-state index in [9.17, 15) is 4.79 Å². The van der Waals surface area contributed by atoms with Gasteiger partial charge >= 0.3 is 5.97 Å². The first-order valence-corrected chi connectivity index (χ1v) is 9.08. The predicted molar refractivity (Wildman–Crippen MR) is 110 cm³/mol. The molecular formula is C23H17N3O4. The summed E-state index contributed by atoms with van der Waals surface area (Å²) in [6.45, 7) is 1.91. The number of furan rings is 1. The molecule has 0 radical (unpaired) electrons. The quantitative estimate of drug-likeness (QED) is 0.356. The second-order valence-corrected chi connectivity index (χ2v) is 6.26. The molecule has 7 heteroatoms. The third-order valence-electron chi connectivity index (χ3n) is 4.12. The number of esters is 1. The number of para-hydroxylation sites is 1. The Bertz CT molecular complexity index is 1180. The Balaban J connectivity index is 1.57. The number of aryl methyl sites for hydroxylation is 1. The number of benzene rings is 1. The second kappa shape index (κ2) is 8.37. The van der Waals surface area contributed by atoms with Crippen LogP contribution in [0.5, 0.6) is 11.5 Å². The molecule has 2 aromatic heterocycles. The molecule has 4 aromatic rings. The predicted octanol–water partition coefficient (Wildman–Crippen LogP) is 4.35. The molecule has 0 amide bonds.